The Morgan fingerprint density at radius 1 is 1.50 bits per heavy atom. The molecule has 0 aromatic heterocycles. The van der Waals surface area contributed by atoms with Crippen molar-refractivity contribution in [2.45, 2.75) is 31.3 Å². The van der Waals surface area contributed by atoms with E-state index >= 15 is 0 Å². The normalized spacial score (nSPS) is 22.9. The molecule has 0 heterocycles. The Morgan fingerprint density at radius 3 is 2.89 bits per heavy atom. The fraction of sp³-hybridized carbons (Fsp3) is 0.400. The molecular weight excluding hydrogens is 224 g/mol. The summed E-state index contributed by atoms with van der Waals surface area (Å²) < 4.78 is 0. The van der Waals surface area contributed by atoms with Crippen LogP contribution in [0.5, 0.6) is 0 Å². The third-order valence-corrected chi connectivity index (χ3v) is 3.24. The standard InChI is InChI=1S/C15H18N2O/c1-3-9-16-15(18)11(2)17-14-10-13(14)12-7-5-4-6-8-12/h1,4-8,11,13-14,17H,9-10H2,2H3,(H,16,18). The summed E-state index contributed by atoms with van der Waals surface area (Å²) >= 11 is 0. The van der Waals surface area contributed by atoms with Crippen LogP contribution in [0, 0.1) is 12.3 Å². The van der Waals surface area contributed by atoms with Gasteiger partial charge in [-0.05, 0) is 18.9 Å². The summed E-state index contributed by atoms with van der Waals surface area (Å²) in [5.41, 5.74) is 1.34. The predicted molar refractivity (Wildman–Crippen MR) is 72.0 cm³/mol. The Hall–Kier alpha value is -1.79. The first-order valence-electron chi connectivity index (χ1n) is 6.24. The molecular formula is C15H18N2O. The second kappa shape index (κ2) is 5.70. The third kappa shape index (κ3) is 3.12. The second-order valence-corrected chi connectivity index (χ2v) is 4.67. The molecule has 1 saturated carbocycles. The van der Waals surface area contributed by atoms with Crippen molar-refractivity contribution in [3.63, 3.8) is 0 Å². The average Bonchev–Trinajstić information content (AvgIpc) is 3.16. The number of carbonyl (C=O) groups excluding carboxylic acids is 1. The van der Waals surface area contributed by atoms with Crippen LogP contribution >= 0.6 is 0 Å². The minimum absolute atomic E-state index is 0.0355. The molecule has 94 valence electrons. The van der Waals surface area contributed by atoms with E-state index in [0.717, 1.165) is 6.42 Å². The second-order valence-electron chi connectivity index (χ2n) is 4.67. The first-order valence-corrected chi connectivity index (χ1v) is 6.24. The molecule has 1 aromatic rings. The van der Waals surface area contributed by atoms with Gasteiger partial charge in [0.2, 0.25) is 5.91 Å². The molecule has 3 heteroatoms. The Morgan fingerprint density at radius 2 is 2.22 bits per heavy atom. The van der Waals surface area contributed by atoms with Crippen LogP contribution in [-0.4, -0.2) is 24.5 Å². The van der Waals surface area contributed by atoms with Crippen LogP contribution in [0.2, 0.25) is 0 Å². The summed E-state index contributed by atoms with van der Waals surface area (Å²) in [5.74, 6) is 2.90. The highest BCUT2D eigenvalue weighted by Crippen LogP contribution is 2.40. The molecule has 3 nitrogen and oxygen atoms in total. The van der Waals surface area contributed by atoms with Gasteiger partial charge in [-0.1, -0.05) is 36.3 Å². The van der Waals surface area contributed by atoms with Gasteiger partial charge < -0.3 is 10.6 Å². The lowest BCUT2D eigenvalue weighted by atomic mass is 10.1. The van der Waals surface area contributed by atoms with Crippen molar-refractivity contribution in [1.29, 1.82) is 0 Å². The molecule has 2 rings (SSSR count). The van der Waals surface area contributed by atoms with Crippen LogP contribution in [0.4, 0.5) is 0 Å². The highest BCUT2D eigenvalue weighted by atomic mass is 16.2. The molecule has 1 aromatic carbocycles. The Kier molecular flexibility index (Phi) is 4.01. The maximum Gasteiger partial charge on any atom is 0.237 e. The van der Waals surface area contributed by atoms with E-state index in [2.05, 4.69) is 28.7 Å². The number of benzene rings is 1. The van der Waals surface area contributed by atoms with Crippen molar-refractivity contribution < 1.29 is 4.79 Å². The van der Waals surface area contributed by atoms with Gasteiger partial charge in [0.15, 0.2) is 0 Å². The van der Waals surface area contributed by atoms with Crippen LogP contribution in [0.15, 0.2) is 30.3 Å². The molecule has 3 atom stereocenters. The topological polar surface area (TPSA) is 41.1 Å². The van der Waals surface area contributed by atoms with Crippen LogP contribution in [0.3, 0.4) is 0 Å². The van der Waals surface area contributed by atoms with Crippen molar-refractivity contribution in [3.8, 4) is 12.3 Å². The highest BCUT2D eigenvalue weighted by Gasteiger charge is 2.39. The number of nitrogens with one attached hydrogen (secondary N) is 2. The highest BCUT2D eigenvalue weighted by molar-refractivity contribution is 5.81. The van der Waals surface area contributed by atoms with Gasteiger partial charge in [-0.15, -0.1) is 6.42 Å². The monoisotopic (exact) mass is 242 g/mol. The van der Waals surface area contributed by atoms with E-state index in [1.165, 1.54) is 5.56 Å². The molecule has 1 fully saturated rings. The Balaban J connectivity index is 1.79. The fourth-order valence-corrected chi connectivity index (χ4v) is 2.14. The van der Waals surface area contributed by atoms with Crippen molar-refractivity contribution in [3.05, 3.63) is 35.9 Å². The van der Waals surface area contributed by atoms with Crippen LogP contribution < -0.4 is 10.6 Å². The van der Waals surface area contributed by atoms with E-state index in [0.29, 0.717) is 12.0 Å². The van der Waals surface area contributed by atoms with Gasteiger partial charge >= 0.3 is 0 Å². The molecule has 0 radical (unpaired) electrons. The van der Waals surface area contributed by atoms with Gasteiger partial charge in [0, 0.05) is 12.0 Å². The van der Waals surface area contributed by atoms with E-state index in [1.54, 1.807) is 0 Å². The van der Waals surface area contributed by atoms with Gasteiger partial charge in [0.25, 0.3) is 0 Å². The Bertz CT molecular complexity index is 449. The van der Waals surface area contributed by atoms with Crippen LogP contribution in [0.1, 0.15) is 24.8 Å². The lowest BCUT2D eigenvalue weighted by Gasteiger charge is -2.12. The maximum atomic E-state index is 11.6. The van der Waals surface area contributed by atoms with Crippen molar-refractivity contribution in [2.24, 2.45) is 0 Å². The smallest absolute Gasteiger partial charge is 0.237 e. The van der Waals surface area contributed by atoms with Crippen molar-refractivity contribution >= 4 is 5.91 Å². The molecule has 18 heavy (non-hydrogen) atoms. The van der Waals surface area contributed by atoms with Crippen molar-refractivity contribution in [1.82, 2.24) is 10.6 Å². The Labute approximate surface area is 108 Å². The van der Waals surface area contributed by atoms with Gasteiger partial charge in [0.1, 0.15) is 0 Å². The summed E-state index contributed by atoms with van der Waals surface area (Å²) in [6, 6.07) is 10.6. The first-order chi connectivity index (χ1) is 8.72. The van der Waals surface area contributed by atoms with E-state index in [9.17, 15) is 4.79 Å². The van der Waals surface area contributed by atoms with E-state index in [1.807, 2.05) is 25.1 Å². The summed E-state index contributed by atoms with van der Waals surface area (Å²) in [6.45, 7) is 2.16. The quantitative estimate of drug-likeness (QED) is 0.763. The fourth-order valence-electron chi connectivity index (χ4n) is 2.14. The van der Waals surface area contributed by atoms with E-state index in [4.69, 9.17) is 6.42 Å². The van der Waals surface area contributed by atoms with Gasteiger partial charge in [0.05, 0.1) is 12.6 Å². The summed E-state index contributed by atoms with van der Waals surface area (Å²) in [5, 5.41) is 6.01. The van der Waals surface area contributed by atoms with Gasteiger partial charge in [-0.2, -0.15) is 0 Å². The minimum atomic E-state index is -0.197. The number of rotatable bonds is 5. The summed E-state index contributed by atoms with van der Waals surface area (Å²) in [4.78, 5) is 11.6. The molecule has 0 spiro atoms. The molecule has 3 unspecified atom stereocenters. The molecule has 0 aliphatic heterocycles. The third-order valence-electron chi connectivity index (χ3n) is 3.24. The number of amides is 1. The minimum Gasteiger partial charge on any atom is -0.344 e. The van der Waals surface area contributed by atoms with Crippen LogP contribution in [0.25, 0.3) is 0 Å². The zero-order chi connectivity index (χ0) is 13.0. The lowest BCUT2D eigenvalue weighted by Crippen LogP contribution is -2.43. The maximum absolute atomic E-state index is 11.6. The zero-order valence-corrected chi connectivity index (χ0v) is 10.5. The van der Waals surface area contributed by atoms with E-state index < -0.39 is 0 Å². The SMILES string of the molecule is C#CCNC(=O)C(C)NC1CC1c1ccccc1. The molecule has 0 bridgehead atoms. The average molecular weight is 242 g/mol. The molecule has 1 aliphatic rings. The van der Waals surface area contributed by atoms with Gasteiger partial charge in [-0.25, -0.2) is 0 Å². The summed E-state index contributed by atoms with van der Waals surface area (Å²) in [6.07, 6.45) is 6.20. The first kappa shape index (κ1) is 12.7. The van der Waals surface area contributed by atoms with Gasteiger partial charge in [-0.3, -0.25) is 4.79 Å². The van der Waals surface area contributed by atoms with Crippen LogP contribution in [-0.2, 0) is 4.79 Å². The predicted octanol–water partition coefficient (Wildman–Crippen LogP) is 1.27. The number of terminal acetylenes is 1. The number of carbonyl (C=O) groups is 1. The largest absolute Gasteiger partial charge is 0.344 e. The molecule has 0 saturated heterocycles. The summed E-state index contributed by atoms with van der Waals surface area (Å²) in [7, 11) is 0. The van der Waals surface area contributed by atoms with E-state index in [-0.39, 0.29) is 18.5 Å². The molecule has 1 aliphatic carbocycles. The lowest BCUT2D eigenvalue weighted by molar-refractivity contribution is -0.122. The number of hydrogen-bond donors (Lipinski definition) is 2. The number of hydrogen-bond acceptors (Lipinski definition) is 2. The zero-order valence-electron chi connectivity index (χ0n) is 10.5. The molecule has 2 N–H and O–H groups in total. The molecule has 1 amide bonds. The van der Waals surface area contributed by atoms with Crippen molar-refractivity contribution in [2.75, 3.05) is 6.54 Å².